The van der Waals surface area contributed by atoms with Crippen molar-refractivity contribution < 1.29 is 4.74 Å². The molecule has 1 fully saturated rings. The molecule has 3 rings (SSSR count). The minimum absolute atomic E-state index is 0.334. The molecule has 0 N–H and O–H groups in total. The van der Waals surface area contributed by atoms with Gasteiger partial charge < -0.3 is 4.74 Å². The topological polar surface area (TPSA) is 52.3 Å². The molecule has 5 nitrogen and oxygen atoms in total. The van der Waals surface area contributed by atoms with Gasteiger partial charge in [0.1, 0.15) is 6.10 Å². The highest BCUT2D eigenvalue weighted by Gasteiger charge is 2.16. The van der Waals surface area contributed by atoms with Crippen LogP contribution in [-0.2, 0) is 0 Å². The Balaban J connectivity index is 1.83. The molecule has 0 aromatic carbocycles. The normalized spacial score (nSPS) is 16.9. The van der Waals surface area contributed by atoms with Crippen LogP contribution < -0.4 is 9.42 Å². The highest BCUT2D eigenvalue weighted by atomic mass is 127. The zero-order chi connectivity index (χ0) is 12.4. The van der Waals surface area contributed by atoms with Crippen molar-refractivity contribution in [2.45, 2.75) is 38.2 Å². The van der Waals surface area contributed by atoms with Gasteiger partial charge in [-0.2, -0.15) is 5.10 Å². The van der Waals surface area contributed by atoms with E-state index in [1.165, 1.54) is 19.3 Å². The number of hydrogen-bond donors (Lipinski definition) is 0. The molecule has 2 aromatic heterocycles. The van der Waals surface area contributed by atoms with E-state index >= 15 is 0 Å². The molecule has 0 amide bonds. The molecular formula is C11H14AlIN4O. The van der Waals surface area contributed by atoms with Crippen LogP contribution in [0.2, 0.25) is 0 Å². The molecule has 1 aliphatic rings. The molecule has 0 unspecified atom stereocenters. The predicted octanol–water partition coefficient (Wildman–Crippen LogP) is 1.25. The quantitative estimate of drug-likeness (QED) is 0.601. The van der Waals surface area contributed by atoms with Gasteiger partial charge in [0, 0.05) is 6.07 Å². The predicted molar refractivity (Wildman–Crippen MR) is 79.1 cm³/mol. The first-order valence-corrected chi connectivity index (χ1v) is 12.1. The van der Waals surface area contributed by atoms with Gasteiger partial charge in [0.25, 0.3) is 0 Å². The summed E-state index contributed by atoms with van der Waals surface area (Å²) in [5.41, 5.74) is 0.810. The largest absolute Gasteiger partial charge is 0.473 e. The van der Waals surface area contributed by atoms with Crippen molar-refractivity contribution in [2.75, 3.05) is 0 Å². The highest BCUT2D eigenvalue weighted by molar-refractivity contribution is 14.1. The third-order valence-corrected chi connectivity index (χ3v) is 5.99. The number of fused-ring (bicyclic) bond motifs is 1. The zero-order valence-electron chi connectivity index (χ0n) is 10.0. The van der Waals surface area contributed by atoms with Crippen LogP contribution in [0.15, 0.2) is 12.1 Å². The lowest BCUT2D eigenvalue weighted by molar-refractivity contribution is 0.147. The zero-order valence-corrected chi connectivity index (χ0v) is 13.6. The summed E-state index contributed by atoms with van der Waals surface area (Å²) in [7, 11) is 0. The van der Waals surface area contributed by atoms with E-state index in [2.05, 4.69) is 35.6 Å². The number of hydrogen-bond acceptors (Lipinski definition) is 4. The Morgan fingerprint density at radius 3 is 2.83 bits per heavy atom. The van der Waals surface area contributed by atoms with Gasteiger partial charge in [0.2, 0.25) is 5.88 Å². The van der Waals surface area contributed by atoms with Gasteiger partial charge in [-0.25, -0.2) is 24.8 Å². The summed E-state index contributed by atoms with van der Waals surface area (Å²) in [5, 5.41) is 12.8. The lowest BCUT2D eigenvalue weighted by Crippen LogP contribution is -2.23. The van der Waals surface area contributed by atoms with E-state index in [0.29, 0.717) is 12.0 Å². The van der Waals surface area contributed by atoms with E-state index in [0.717, 1.165) is 23.2 Å². The Bertz CT molecular complexity index is 541. The van der Waals surface area contributed by atoms with Gasteiger partial charge in [0.15, 0.2) is 5.65 Å². The number of ether oxygens (including phenoxy) is 1. The average Bonchev–Trinajstić information content (AvgIpc) is 2.82. The molecule has 0 spiro atoms. The number of nitrogens with zero attached hydrogens (tertiary/aromatic N) is 4. The van der Waals surface area contributed by atoms with Crippen LogP contribution in [-0.4, -0.2) is 37.9 Å². The summed E-state index contributed by atoms with van der Waals surface area (Å²) in [6.07, 6.45) is 6.51. The van der Waals surface area contributed by atoms with Crippen LogP contribution in [0.3, 0.4) is 0 Å². The Morgan fingerprint density at radius 2 is 2.06 bits per heavy atom. The Morgan fingerprint density at radius 1 is 1.22 bits per heavy atom. The summed E-state index contributed by atoms with van der Waals surface area (Å²) in [4.78, 5) is 0. The third kappa shape index (κ3) is 2.63. The van der Waals surface area contributed by atoms with Crippen molar-refractivity contribution >= 4 is 42.5 Å². The second-order valence-corrected chi connectivity index (χ2v) is 7.76. The Labute approximate surface area is 123 Å². The van der Waals surface area contributed by atoms with Crippen LogP contribution >= 0.6 is 20.3 Å². The molecule has 2 heterocycles. The minimum Gasteiger partial charge on any atom is -0.473 e. The minimum atomic E-state index is -0.394. The van der Waals surface area contributed by atoms with Crippen molar-refractivity contribution in [3.05, 3.63) is 12.1 Å². The molecule has 0 atom stereocenters. The second-order valence-electron chi connectivity index (χ2n) is 4.57. The van der Waals surface area contributed by atoms with Crippen LogP contribution in [0.4, 0.5) is 0 Å². The fourth-order valence-corrected chi connectivity index (χ4v) is 4.21. The van der Waals surface area contributed by atoms with Crippen molar-refractivity contribution in [3.63, 3.8) is 0 Å². The molecule has 7 heteroatoms. The first-order chi connectivity index (χ1) is 8.86. The average molecular weight is 372 g/mol. The first-order valence-electron chi connectivity index (χ1n) is 6.31. The fraction of sp³-hybridized carbons (Fsp3) is 0.545. The van der Waals surface area contributed by atoms with Crippen LogP contribution in [0.1, 0.15) is 32.1 Å². The summed E-state index contributed by atoms with van der Waals surface area (Å²) < 4.78 is 8.79. The van der Waals surface area contributed by atoms with Crippen molar-refractivity contribution in [3.8, 4) is 5.88 Å². The maximum Gasteiger partial charge on any atom is 0.438 e. The van der Waals surface area contributed by atoms with E-state index in [-0.39, 0.29) is 0 Å². The van der Waals surface area contributed by atoms with Gasteiger partial charge >= 0.3 is 11.9 Å². The van der Waals surface area contributed by atoms with Crippen LogP contribution in [0.5, 0.6) is 5.88 Å². The molecular weight excluding hydrogens is 358 g/mol. The standard InChI is InChI=1S/C11H13N4O.Al.HI.H/c1-2-4-9(5-3-1)16-11-7-6-10-13-12-8-15(10)14-11;;;/h6-7,9H,1-5H2;;1H;/q;+1;;/p-1. The highest BCUT2D eigenvalue weighted by Crippen LogP contribution is 2.22. The molecule has 1 saturated carbocycles. The van der Waals surface area contributed by atoms with Gasteiger partial charge in [-0.1, -0.05) is 6.42 Å². The van der Waals surface area contributed by atoms with Crippen LogP contribution in [0.25, 0.3) is 5.65 Å². The van der Waals surface area contributed by atoms with Crippen LogP contribution in [0, 0.1) is 0 Å². The second kappa shape index (κ2) is 5.72. The van der Waals surface area contributed by atoms with Crippen molar-refractivity contribution in [2.24, 2.45) is 0 Å². The summed E-state index contributed by atoms with van der Waals surface area (Å²) in [6, 6.07) is 3.83. The smallest absolute Gasteiger partial charge is 0.438 e. The summed E-state index contributed by atoms with van der Waals surface area (Å²) in [5.74, 6) is 0.703. The monoisotopic (exact) mass is 372 g/mol. The number of rotatable bonds is 3. The van der Waals surface area contributed by atoms with E-state index in [9.17, 15) is 0 Å². The van der Waals surface area contributed by atoms with Gasteiger partial charge in [0.05, 0.1) is 4.69 Å². The van der Waals surface area contributed by atoms with Gasteiger partial charge in [-0.3, -0.25) is 0 Å². The van der Waals surface area contributed by atoms with Gasteiger partial charge in [-0.15, -0.1) is 10.2 Å². The molecule has 0 bridgehead atoms. The van der Waals surface area contributed by atoms with E-state index < -0.39 is 11.9 Å². The summed E-state index contributed by atoms with van der Waals surface area (Å²) in [6.45, 7) is 0. The fourth-order valence-electron chi connectivity index (χ4n) is 2.32. The molecule has 94 valence electrons. The molecule has 2 aromatic rings. The van der Waals surface area contributed by atoms with Gasteiger partial charge in [-0.05, 0) is 31.7 Å². The molecule has 1 aliphatic carbocycles. The Hall–Kier alpha value is -0.388. The third-order valence-electron chi connectivity index (χ3n) is 3.26. The summed E-state index contributed by atoms with van der Waals surface area (Å²) >= 11 is 2.01. The lowest BCUT2D eigenvalue weighted by Gasteiger charge is -2.22. The number of halogens is 1. The molecule has 0 aliphatic heterocycles. The van der Waals surface area contributed by atoms with E-state index in [1.54, 1.807) is 0 Å². The first kappa shape index (κ1) is 12.6. The van der Waals surface area contributed by atoms with Crippen molar-refractivity contribution in [1.82, 2.24) is 19.8 Å². The van der Waals surface area contributed by atoms with E-state index in [1.807, 2.05) is 16.6 Å². The van der Waals surface area contributed by atoms with Crippen molar-refractivity contribution in [1.29, 1.82) is 0 Å². The maximum atomic E-state index is 5.96. The molecule has 0 radical (unpaired) electrons. The Kier molecular flexibility index (Phi) is 4.01. The van der Waals surface area contributed by atoms with E-state index in [4.69, 9.17) is 4.74 Å². The SMILES string of the molecule is [I][AlH][c]1nnc2ccc(OC3CCCCC3)nn12. The lowest BCUT2D eigenvalue weighted by atomic mass is 9.98. The molecule has 0 saturated heterocycles. The number of aromatic nitrogens is 4. The maximum absolute atomic E-state index is 5.96. The molecule has 18 heavy (non-hydrogen) atoms.